The molecule has 1 saturated heterocycles. The number of aromatic nitrogens is 3. The Morgan fingerprint density at radius 1 is 1.37 bits per heavy atom. The molecule has 0 spiro atoms. The SMILES string of the molecule is CCNC(=NCc1nncn1C)NCC(c1cccs1)N1CCC(C)CC1. The topological polar surface area (TPSA) is 70.4 Å². The van der Waals surface area contributed by atoms with Crippen molar-refractivity contribution >= 4 is 17.3 Å². The second kappa shape index (κ2) is 9.85. The van der Waals surface area contributed by atoms with Crippen LogP contribution in [0.2, 0.25) is 0 Å². The Balaban J connectivity index is 1.65. The maximum atomic E-state index is 4.68. The van der Waals surface area contributed by atoms with Crippen LogP contribution in [0.25, 0.3) is 0 Å². The van der Waals surface area contributed by atoms with Crippen LogP contribution in [0.3, 0.4) is 0 Å². The number of guanidine groups is 1. The molecule has 1 aliphatic heterocycles. The van der Waals surface area contributed by atoms with Gasteiger partial charge in [0.1, 0.15) is 12.9 Å². The number of piperidine rings is 1. The Hall–Kier alpha value is -1.93. The highest BCUT2D eigenvalue weighted by molar-refractivity contribution is 7.10. The van der Waals surface area contributed by atoms with Gasteiger partial charge in [-0.15, -0.1) is 21.5 Å². The summed E-state index contributed by atoms with van der Waals surface area (Å²) < 4.78 is 1.90. The van der Waals surface area contributed by atoms with E-state index < -0.39 is 0 Å². The average molecular weight is 390 g/mol. The second-order valence-electron chi connectivity index (χ2n) is 7.18. The molecule has 0 amide bonds. The molecule has 3 rings (SSSR count). The standard InChI is InChI=1S/C19H31N7S/c1-4-20-19(22-13-18-24-23-14-25(18)3)21-12-16(17-6-5-11-27-17)26-9-7-15(2)8-10-26/h5-6,11,14-16H,4,7-10,12-13H2,1-3H3,(H2,20,21,22). The van der Waals surface area contributed by atoms with E-state index in [-0.39, 0.29) is 0 Å². The van der Waals surface area contributed by atoms with Crippen molar-refractivity contribution in [2.45, 2.75) is 39.3 Å². The van der Waals surface area contributed by atoms with Gasteiger partial charge in [0.25, 0.3) is 0 Å². The summed E-state index contributed by atoms with van der Waals surface area (Å²) in [6.45, 7) is 8.96. The fourth-order valence-electron chi connectivity index (χ4n) is 3.37. The summed E-state index contributed by atoms with van der Waals surface area (Å²) in [6.07, 6.45) is 4.26. The van der Waals surface area contributed by atoms with Gasteiger partial charge >= 0.3 is 0 Å². The van der Waals surface area contributed by atoms with Crippen molar-refractivity contribution < 1.29 is 0 Å². The van der Waals surface area contributed by atoms with Crippen LogP contribution in [-0.2, 0) is 13.6 Å². The molecule has 7 nitrogen and oxygen atoms in total. The lowest BCUT2D eigenvalue weighted by Gasteiger charge is -2.36. The first kappa shape index (κ1) is 19.8. The lowest BCUT2D eigenvalue weighted by atomic mass is 9.97. The van der Waals surface area contributed by atoms with Gasteiger partial charge in [-0.05, 0) is 50.2 Å². The van der Waals surface area contributed by atoms with Crippen molar-refractivity contribution in [3.05, 3.63) is 34.5 Å². The molecule has 0 radical (unpaired) electrons. The number of hydrogen-bond donors (Lipinski definition) is 2. The zero-order valence-electron chi connectivity index (χ0n) is 16.6. The van der Waals surface area contributed by atoms with E-state index in [1.807, 2.05) is 23.0 Å². The van der Waals surface area contributed by atoms with Gasteiger partial charge in [0.2, 0.25) is 0 Å². The maximum Gasteiger partial charge on any atom is 0.191 e. The number of rotatable bonds is 7. The third-order valence-electron chi connectivity index (χ3n) is 5.12. The van der Waals surface area contributed by atoms with E-state index in [4.69, 9.17) is 0 Å². The minimum absolute atomic E-state index is 0.385. The quantitative estimate of drug-likeness (QED) is 0.562. The molecule has 27 heavy (non-hydrogen) atoms. The molecular weight excluding hydrogens is 358 g/mol. The van der Waals surface area contributed by atoms with Crippen molar-refractivity contribution in [3.63, 3.8) is 0 Å². The van der Waals surface area contributed by atoms with Gasteiger partial charge in [-0.2, -0.15) is 0 Å². The second-order valence-corrected chi connectivity index (χ2v) is 8.16. The fourth-order valence-corrected chi connectivity index (χ4v) is 4.23. The van der Waals surface area contributed by atoms with Gasteiger partial charge in [-0.3, -0.25) is 4.90 Å². The molecule has 8 heteroatoms. The number of thiophene rings is 1. The van der Waals surface area contributed by atoms with E-state index in [1.54, 1.807) is 6.33 Å². The van der Waals surface area contributed by atoms with Crippen LogP contribution in [0.4, 0.5) is 0 Å². The van der Waals surface area contributed by atoms with Crippen LogP contribution >= 0.6 is 11.3 Å². The number of nitrogens with one attached hydrogen (secondary N) is 2. The molecule has 3 heterocycles. The number of aliphatic imine (C=N–C) groups is 1. The van der Waals surface area contributed by atoms with Crippen LogP contribution in [0.5, 0.6) is 0 Å². The molecule has 0 aromatic carbocycles. The zero-order chi connectivity index (χ0) is 19.1. The Morgan fingerprint density at radius 3 is 2.81 bits per heavy atom. The van der Waals surface area contributed by atoms with E-state index in [0.29, 0.717) is 12.6 Å². The molecule has 0 aliphatic carbocycles. The molecule has 1 atom stereocenters. The lowest BCUT2D eigenvalue weighted by Crippen LogP contribution is -2.45. The molecule has 1 unspecified atom stereocenters. The van der Waals surface area contributed by atoms with Crippen molar-refractivity contribution in [2.75, 3.05) is 26.2 Å². The summed E-state index contributed by atoms with van der Waals surface area (Å²) in [6, 6.07) is 4.78. The summed E-state index contributed by atoms with van der Waals surface area (Å²) in [4.78, 5) is 8.72. The normalized spacial score (nSPS) is 17.8. The third kappa shape index (κ3) is 5.52. The Labute approximate surface area is 165 Å². The molecule has 1 aliphatic rings. The monoisotopic (exact) mass is 389 g/mol. The first-order valence-electron chi connectivity index (χ1n) is 9.80. The Morgan fingerprint density at radius 2 is 2.19 bits per heavy atom. The Kier molecular flexibility index (Phi) is 7.23. The van der Waals surface area contributed by atoms with Crippen molar-refractivity contribution in [3.8, 4) is 0 Å². The zero-order valence-corrected chi connectivity index (χ0v) is 17.4. The molecule has 1 fully saturated rings. The first-order valence-corrected chi connectivity index (χ1v) is 10.7. The van der Waals surface area contributed by atoms with E-state index in [9.17, 15) is 0 Å². The molecule has 0 saturated carbocycles. The van der Waals surface area contributed by atoms with Gasteiger partial charge < -0.3 is 15.2 Å². The molecule has 2 N–H and O–H groups in total. The van der Waals surface area contributed by atoms with E-state index >= 15 is 0 Å². The Bertz CT molecular complexity index is 701. The predicted octanol–water partition coefficient (Wildman–Crippen LogP) is 2.40. The minimum Gasteiger partial charge on any atom is -0.357 e. The van der Waals surface area contributed by atoms with Gasteiger partial charge in [-0.1, -0.05) is 13.0 Å². The largest absolute Gasteiger partial charge is 0.357 e. The third-order valence-corrected chi connectivity index (χ3v) is 6.09. The van der Waals surface area contributed by atoms with Crippen LogP contribution in [0.15, 0.2) is 28.8 Å². The molecular formula is C19H31N7S. The van der Waals surface area contributed by atoms with Crippen molar-refractivity contribution in [1.82, 2.24) is 30.3 Å². The van der Waals surface area contributed by atoms with Gasteiger partial charge in [-0.25, -0.2) is 4.99 Å². The number of likely N-dealkylation sites (tertiary alicyclic amines) is 1. The average Bonchev–Trinajstić information content (AvgIpc) is 3.33. The molecule has 2 aromatic rings. The van der Waals surface area contributed by atoms with Crippen molar-refractivity contribution in [1.29, 1.82) is 0 Å². The van der Waals surface area contributed by atoms with Crippen LogP contribution in [0.1, 0.15) is 43.4 Å². The highest BCUT2D eigenvalue weighted by atomic mass is 32.1. The van der Waals surface area contributed by atoms with E-state index in [0.717, 1.165) is 43.9 Å². The highest BCUT2D eigenvalue weighted by Gasteiger charge is 2.25. The van der Waals surface area contributed by atoms with Gasteiger partial charge in [0, 0.05) is 25.0 Å². The summed E-state index contributed by atoms with van der Waals surface area (Å²) in [5.41, 5.74) is 0. The predicted molar refractivity (Wildman–Crippen MR) is 111 cm³/mol. The minimum atomic E-state index is 0.385. The molecule has 0 bridgehead atoms. The van der Waals surface area contributed by atoms with E-state index in [1.165, 1.54) is 17.7 Å². The first-order chi connectivity index (χ1) is 13.2. The van der Waals surface area contributed by atoms with Crippen LogP contribution in [-0.4, -0.2) is 51.8 Å². The fraction of sp³-hybridized carbons (Fsp3) is 0.632. The van der Waals surface area contributed by atoms with Gasteiger partial charge in [0.15, 0.2) is 11.8 Å². The number of nitrogens with zero attached hydrogens (tertiary/aromatic N) is 5. The van der Waals surface area contributed by atoms with Crippen LogP contribution in [0, 0.1) is 5.92 Å². The highest BCUT2D eigenvalue weighted by Crippen LogP contribution is 2.29. The summed E-state index contributed by atoms with van der Waals surface area (Å²) in [5, 5.41) is 17.1. The maximum absolute atomic E-state index is 4.68. The van der Waals surface area contributed by atoms with Crippen molar-refractivity contribution in [2.24, 2.45) is 18.0 Å². The number of hydrogen-bond acceptors (Lipinski definition) is 5. The molecule has 2 aromatic heterocycles. The van der Waals surface area contributed by atoms with Crippen LogP contribution < -0.4 is 10.6 Å². The summed E-state index contributed by atoms with van der Waals surface area (Å²) in [5.74, 6) is 2.52. The van der Waals surface area contributed by atoms with E-state index in [2.05, 4.69) is 62.1 Å². The summed E-state index contributed by atoms with van der Waals surface area (Å²) in [7, 11) is 1.94. The lowest BCUT2D eigenvalue weighted by molar-refractivity contribution is 0.140. The number of aryl methyl sites for hydroxylation is 1. The molecule has 148 valence electrons. The summed E-state index contributed by atoms with van der Waals surface area (Å²) >= 11 is 1.84. The van der Waals surface area contributed by atoms with Gasteiger partial charge in [0.05, 0.1) is 6.04 Å². The smallest absolute Gasteiger partial charge is 0.191 e.